The lowest BCUT2D eigenvalue weighted by Gasteiger charge is -2.37. The number of halogens is 1. The van der Waals surface area contributed by atoms with Crippen LogP contribution in [-0.4, -0.2) is 54.1 Å². The van der Waals surface area contributed by atoms with E-state index in [1.807, 2.05) is 4.90 Å². The summed E-state index contributed by atoms with van der Waals surface area (Å²) in [7, 11) is 0. The molecule has 1 unspecified atom stereocenters. The summed E-state index contributed by atoms with van der Waals surface area (Å²) in [5.74, 6) is 0.153. The standard InChI is InChI=1S/C19H27FN2O/c20-12-16-22-18(23)7-10-19(22)9-4-13-21(15-11-19)14-8-17-5-2-1-3-6-17/h1-3,5-6H,4,7-16H2. The molecule has 2 aliphatic heterocycles. The Labute approximate surface area is 138 Å². The van der Waals surface area contributed by atoms with Crippen molar-refractivity contribution in [3.05, 3.63) is 35.9 Å². The quantitative estimate of drug-likeness (QED) is 0.833. The van der Waals surface area contributed by atoms with Gasteiger partial charge in [-0.15, -0.1) is 0 Å². The molecule has 0 radical (unpaired) electrons. The van der Waals surface area contributed by atoms with Crippen molar-refractivity contribution in [2.75, 3.05) is 32.9 Å². The van der Waals surface area contributed by atoms with Crippen LogP contribution in [0.3, 0.4) is 0 Å². The van der Waals surface area contributed by atoms with E-state index in [0.29, 0.717) is 6.42 Å². The van der Waals surface area contributed by atoms with Crippen LogP contribution in [-0.2, 0) is 11.2 Å². The lowest BCUT2D eigenvalue weighted by molar-refractivity contribution is -0.131. The maximum Gasteiger partial charge on any atom is 0.223 e. The van der Waals surface area contributed by atoms with Crippen molar-refractivity contribution in [3.8, 4) is 0 Å². The van der Waals surface area contributed by atoms with Gasteiger partial charge >= 0.3 is 0 Å². The number of rotatable bonds is 5. The molecule has 23 heavy (non-hydrogen) atoms. The van der Waals surface area contributed by atoms with Crippen LogP contribution in [0.2, 0.25) is 0 Å². The molecule has 3 nitrogen and oxygen atoms in total. The average molecular weight is 318 g/mol. The summed E-state index contributed by atoms with van der Waals surface area (Å²) >= 11 is 0. The summed E-state index contributed by atoms with van der Waals surface area (Å²) in [5, 5.41) is 0. The van der Waals surface area contributed by atoms with E-state index < -0.39 is 6.67 Å². The molecular formula is C19H27FN2O. The summed E-state index contributed by atoms with van der Waals surface area (Å²) in [4.78, 5) is 16.5. The predicted molar refractivity (Wildman–Crippen MR) is 90.1 cm³/mol. The van der Waals surface area contributed by atoms with Gasteiger partial charge in [-0.05, 0) is 44.2 Å². The lowest BCUT2D eigenvalue weighted by Crippen LogP contribution is -2.47. The fraction of sp³-hybridized carbons (Fsp3) is 0.632. The van der Waals surface area contributed by atoms with Gasteiger partial charge in [0.25, 0.3) is 0 Å². The highest BCUT2D eigenvalue weighted by atomic mass is 19.1. The van der Waals surface area contributed by atoms with Crippen molar-refractivity contribution >= 4 is 5.91 Å². The number of likely N-dealkylation sites (tertiary alicyclic amines) is 2. The first-order valence-corrected chi connectivity index (χ1v) is 8.86. The molecule has 1 spiro atoms. The summed E-state index contributed by atoms with van der Waals surface area (Å²) in [6.45, 7) is 3.03. The Kier molecular flexibility index (Phi) is 5.31. The molecule has 2 aliphatic rings. The molecule has 4 heteroatoms. The smallest absolute Gasteiger partial charge is 0.223 e. The van der Waals surface area contributed by atoms with Gasteiger partial charge in [0.05, 0.1) is 0 Å². The molecule has 3 rings (SSSR count). The lowest BCUT2D eigenvalue weighted by atomic mass is 9.88. The fourth-order valence-corrected chi connectivity index (χ4v) is 4.23. The first-order chi connectivity index (χ1) is 11.2. The van der Waals surface area contributed by atoms with Crippen LogP contribution >= 0.6 is 0 Å². The Balaban J connectivity index is 1.57. The number of carbonyl (C=O) groups is 1. The van der Waals surface area contributed by atoms with Crippen LogP contribution in [0.25, 0.3) is 0 Å². The van der Waals surface area contributed by atoms with Gasteiger partial charge in [-0.25, -0.2) is 4.39 Å². The van der Waals surface area contributed by atoms with E-state index in [2.05, 4.69) is 35.2 Å². The molecule has 1 amide bonds. The Morgan fingerprint density at radius 3 is 2.65 bits per heavy atom. The van der Waals surface area contributed by atoms with E-state index >= 15 is 0 Å². The van der Waals surface area contributed by atoms with Gasteiger partial charge in [-0.3, -0.25) is 4.79 Å². The molecule has 2 heterocycles. The Morgan fingerprint density at radius 2 is 1.87 bits per heavy atom. The number of carbonyl (C=O) groups excluding carboxylic acids is 1. The minimum atomic E-state index is -0.425. The fourth-order valence-electron chi connectivity index (χ4n) is 4.23. The summed E-state index contributed by atoms with van der Waals surface area (Å²) < 4.78 is 12.8. The minimum absolute atomic E-state index is 0.0648. The van der Waals surface area contributed by atoms with E-state index in [9.17, 15) is 9.18 Å². The van der Waals surface area contributed by atoms with Crippen LogP contribution in [0.4, 0.5) is 4.39 Å². The van der Waals surface area contributed by atoms with E-state index in [-0.39, 0.29) is 18.0 Å². The second kappa shape index (κ2) is 7.43. The summed E-state index contributed by atoms with van der Waals surface area (Å²) in [5.41, 5.74) is 1.31. The maximum absolute atomic E-state index is 12.8. The predicted octanol–water partition coefficient (Wildman–Crippen LogP) is 3.05. The first-order valence-electron chi connectivity index (χ1n) is 8.86. The monoisotopic (exact) mass is 318 g/mol. The molecule has 0 saturated carbocycles. The molecule has 0 aliphatic carbocycles. The molecule has 0 N–H and O–H groups in total. The highest BCUT2D eigenvalue weighted by Crippen LogP contribution is 2.38. The van der Waals surface area contributed by atoms with Crippen LogP contribution < -0.4 is 0 Å². The number of nitrogens with zero attached hydrogens (tertiary/aromatic N) is 2. The molecule has 0 aromatic heterocycles. The number of amides is 1. The highest BCUT2D eigenvalue weighted by Gasteiger charge is 2.45. The van der Waals surface area contributed by atoms with Crippen molar-refractivity contribution in [1.29, 1.82) is 0 Å². The Hall–Kier alpha value is -1.42. The van der Waals surface area contributed by atoms with Gasteiger partial charge in [-0.1, -0.05) is 30.3 Å². The average Bonchev–Trinajstić information content (AvgIpc) is 2.76. The van der Waals surface area contributed by atoms with Gasteiger partial charge in [0, 0.05) is 31.6 Å². The van der Waals surface area contributed by atoms with Crippen LogP contribution in [0, 0.1) is 0 Å². The Morgan fingerprint density at radius 1 is 1.04 bits per heavy atom. The normalized spacial score (nSPS) is 26.0. The number of hydrogen-bond acceptors (Lipinski definition) is 2. The zero-order chi connectivity index (χ0) is 16.1. The molecular weight excluding hydrogens is 291 g/mol. The van der Waals surface area contributed by atoms with E-state index in [0.717, 1.165) is 51.7 Å². The summed E-state index contributed by atoms with van der Waals surface area (Å²) in [6, 6.07) is 10.6. The van der Waals surface area contributed by atoms with Gasteiger partial charge < -0.3 is 9.80 Å². The van der Waals surface area contributed by atoms with Crippen molar-refractivity contribution in [2.45, 2.75) is 44.1 Å². The minimum Gasteiger partial charge on any atom is -0.334 e. The number of alkyl halides is 1. The topological polar surface area (TPSA) is 23.6 Å². The van der Waals surface area contributed by atoms with E-state index in [1.165, 1.54) is 5.56 Å². The number of hydrogen-bond donors (Lipinski definition) is 0. The third-order valence-electron chi connectivity index (χ3n) is 5.56. The van der Waals surface area contributed by atoms with Crippen LogP contribution in [0.15, 0.2) is 30.3 Å². The molecule has 2 fully saturated rings. The molecule has 1 aromatic carbocycles. The van der Waals surface area contributed by atoms with Gasteiger partial charge in [0.1, 0.15) is 6.67 Å². The number of benzene rings is 1. The van der Waals surface area contributed by atoms with Crippen LogP contribution in [0.5, 0.6) is 0 Å². The maximum atomic E-state index is 12.8. The highest BCUT2D eigenvalue weighted by molar-refractivity contribution is 5.79. The largest absolute Gasteiger partial charge is 0.334 e. The van der Waals surface area contributed by atoms with E-state index in [1.54, 1.807) is 0 Å². The SMILES string of the molecule is O=C1CCC2(CCCN(CCc3ccccc3)CC2)N1CCF. The van der Waals surface area contributed by atoms with Crippen molar-refractivity contribution < 1.29 is 9.18 Å². The van der Waals surface area contributed by atoms with Gasteiger partial charge in [0.15, 0.2) is 0 Å². The summed E-state index contributed by atoms with van der Waals surface area (Å²) in [6.07, 6.45) is 5.71. The zero-order valence-electron chi connectivity index (χ0n) is 13.8. The third-order valence-corrected chi connectivity index (χ3v) is 5.56. The molecule has 1 atom stereocenters. The third kappa shape index (κ3) is 3.74. The molecule has 1 aromatic rings. The first kappa shape index (κ1) is 16.4. The second-order valence-electron chi connectivity index (χ2n) is 6.89. The zero-order valence-corrected chi connectivity index (χ0v) is 13.8. The molecule has 0 bridgehead atoms. The van der Waals surface area contributed by atoms with Gasteiger partial charge in [0.2, 0.25) is 5.91 Å². The van der Waals surface area contributed by atoms with Crippen molar-refractivity contribution in [3.63, 3.8) is 0 Å². The van der Waals surface area contributed by atoms with Gasteiger partial charge in [-0.2, -0.15) is 0 Å². The Bertz CT molecular complexity index is 521. The second-order valence-corrected chi connectivity index (χ2v) is 6.89. The van der Waals surface area contributed by atoms with E-state index in [4.69, 9.17) is 0 Å². The molecule has 2 saturated heterocycles. The van der Waals surface area contributed by atoms with Crippen molar-refractivity contribution in [1.82, 2.24) is 9.80 Å². The van der Waals surface area contributed by atoms with Crippen LogP contribution in [0.1, 0.15) is 37.7 Å². The molecule has 126 valence electrons. The van der Waals surface area contributed by atoms with Crippen molar-refractivity contribution in [2.24, 2.45) is 0 Å².